The van der Waals surface area contributed by atoms with Gasteiger partial charge in [-0.15, -0.1) is 24.2 Å². The quantitative estimate of drug-likeness (QED) is 0.778. The normalized spacial score (nSPS) is 9.33. The molecule has 1 aromatic rings. The van der Waals surface area contributed by atoms with Gasteiger partial charge in [0.1, 0.15) is 0 Å². The Bertz CT molecular complexity index is 423. The predicted octanol–water partition coefficient (Wildman–Crippen LogP) is 2.94. The van der Waals surface area contributed by atoms with Crippen molar-refractivity contribution in [2.45, 2.75) is 17.7 Å². The summed E-state index contributed by atoms with van der Waals surface area (Å²) in [6.07, 6.45) is 2.97. The summed E-state index contributed by atoms with van der Waals surface area (Å²) in [6, 6.07) is 6.81. The molecule has 0 bridgehead atoms. The lowest BCUT2D eigenvalue weighted by Crippen LogP contribution is -2.13. The van der Waals surface area contributed by atoms with E-state index in [1.165, 1.54) is 0 Å². The maximum atomic E-state index is 10.4. The topological polar surface area (TPSA) is 77.8 Å². The van der Waals surface area contributed by atoms with Gasteiger partial charge >= 0.3 is 11.9 Å². The molecule has 7 heteroatoms. The zero-order valence-corrected chi connectivity index (χ0v) is 14.0. The minimum atomic E-state index is -0.877. The molecule has 0 aliphatic heterocycles. The Balaban J connectivity index is 0. The Hall–Kier alpha value is -1.24. The lowest BCUT2D eigenvalue weighted by atomic mass is 10.2. The van der Waals surface area contributed by atoms with Gasteiger partial charge in [0, 0.05) is 11.3 Å². The number of nitrogens with zero attached hydrogens (tertiary/aromatic N) is 1. The number of rotatable bonds is 6. The van der Waals surface area contributed by atoms with Gasteiger partial charge in [-0.05, 0) is 57.6 Å². The number of aliphatic carboxylic acids is 1. The third kappa shape index (κ3) is 12.2. The van der Waals surface area contributed by atoms with Gasteiger partial charge < -0.3 is 15.1 Å². The summed E-state index contributed by atoms with van der Waals surface area (Å²) in [5.74, 6) is -1.59. The average molecular weight is 336 g/mol. The molecular formula is C14H22ClNO4S. The number of aromatic carboxylic acids is 1. The molecule has 0 saturated heterocycles. The van der Waals surface area contributed by atoms with E-state index in [-0.39, 0.29) is 18.8 Å². The fraction of sp³-hybridized carbons (Fsp3) is 0.429. The number of carbonyl (C=O) groups is 2. The monoisotopic (exact) mass is 335 g/mol. The van der Waals surface area contributed by atoms with Gasteiger partial charge in [0.05, 0.1) is 5.56 Å². The average Bonchev–Trinajstić information content (AvgIpc) is 2.38. The molecule has 0 heterocycles. The van der Waals surface area contributed by atoms with Gasteiger partial charge in [-0.1, -0.05) is 0 Å². The predicted molar refractivity (Wildman–Crippen MR) is 87.9 cm³/mol. The summed E-state index contributed by atoms with van der Waals surface area (Å²) < 4.78 is 0. The summed E-state index contributed by atoms with van der Waals surface area (Å²) in [7, 11) is 3.86. The second kappa shape index (κ2) is 12.5. The van der Waals surface area contributed by atoms with Crippen LogP contribution in [0.2, 0.25) is 0 Å². The maximum Gasteiger partial charge on any atom is 0.335 e. The Kier molecular flexibility index (Phi) is 13.1. The standard InChI is InChI=1S/C8H8O2S.C6H13NO2.ClH/c1-11-7-4-2-6(3-5-7)8(9)10;1-7(2)5-3-4-6(8)9;/h2-5H,1H3,(H,9,10);3-5H2,1-2H3,(H,8,9);1H. The Labute approximate surface area is 135 Å². The van der Waals surface area contributed by atoms with Gasteiger partial charge in [-0.2, -0.15) is 0 Å². The highest BCUT2D eigenvalue weighted by Gasteiger charge is 1.99. The molecule has 0 fully saturated rings. The van der Waals surface area contributed by atoms with Gasteiger partial charge in [-0.3, -0.25) is 4.79 Å². The van der Waals surface area contributed by atoms with Crippen LogP contribution in [0.5, 0.6) is 0 Å². The van der Waals surface area contributed by atoms with E-state index < -0.39 is 11.9 Å². The Morgan fingerprint density at radius 1 is 1.14 bits per heavy atom. The van der Waals surface area contributed by atoms with Crippen molar-refractivity contribution in [3.05, 3.63) is 29.8 Å². The number of hydrogen-bond acceptors (Lipinski definition) is 4. The first kappa shape index (κ1) is 22.0. The molecule has 0 aliphatic carbocycles. The van der Waals surface area contributed by atoms with E-state index in [1.807, 2.05) is 25.3 Å². The molecule has 0 aliphatic rings. The van der Waals surface area contributed by atoms with Crippen molar-refractivity contribution in [2.24, 2.45) is 0 Å². The third-order valence-corrected chi connectivity index (χ3v) is 3.08. The molecule has 1 rings (SSSR count). The maximum absolute atomic E-state index is 10.4. The summed E-state index contributed by atoms with van der Waals surface area (Å²) >= 11 is 1.60. The van der Waals surface area contributed by atoms with E-state index in [0.29, 0.717) is 5.56 Å². The Morgan fingerprint density at radius 3 is 2.00 bits per heavy atom. The highest BCUT2D eigenvalue weighted by atomic mass is 35.5. The van der Waals surface area contributed by atoms with Crippen molar-refractivity contribution in [3.8, 4) is 0 Å². The van der Waals surface area contributed by atoms with Crippen LogP contribution in [0.3, 0.4) is 0 Å². The number of halogens is 1. The third-order valence-electron chi connectivity index (χ3n) is 2.33. The highest BCUT2D eigenvalue weighted by Crippen LogP contribution is 2.14. The lowest BCUT2D eigenvalue weighted by molar-refractivity contribution is -0.137. The van der Waals surface area contributed by atoms with Gasteiger partial charge in [0.15, 0.2) is 0 Å². The van der Waals surface area contributed by atoms with Crippen LogP contribution in [-0.4, -0.2) is 53.9 Å². The zero-order valence-electron chi connectivity index (χ0n) is 12.4. The summed E-state index contributed by atoms with van der Waals surface area (Å²) in [6.45, 7) is 0.853. The molecule has 21 heavy (non-hydrogen) atoms. The first-order chi connectivity index (χ1) is 9.36. The zero-order chi connectivity index (χ0) is 15.5. The molecule has 0 radical (unpaired) electrons. The number of thioether (sulfide) groups is 1. The summed E-state index contributed by atoms with van der Waals surface area (Å²) in [5, 5.41) is 16.7. The summed E-state index contributed by atoms with van der Waals surface area (Å²) in [5.41, 5.74) is 0.336. The SMILES string of the molecule is CN(C)CCCC(=O)O.CSc1ccc(C(=O)O)cc1.Cl. The van der Waals surface area contributed by atoms with E-state index in [9.17, 15) is 9.59 Å². The fourth-order valence-corrected chi connectivity index (χ4v) is 1.69. The molecule has 1 aromatic carbocycles. The van der Waals surface area contributed by atoms with Crippen LogP contribution in [0.15, 0.2) is 29.2 Å². The first-order valence-electron chi connectivity index (χ1n) is 6.10. The van der Waals surface area contributed by atoms with Crippen molar-refractivity contribution in [2.75, 3.05) is 26.9 Å². The second-order valence-electron chi connectivity index (χ2n) is 4.33. The van der Waals surface area contributed by atoms with E-state index in [0.717, 1.165) is 17.9 Å². The van der Waals surface area contributed by atoms with Crippen molar-refractivity contribution >= 4 is 36.1 Å². The summed E-state index contributed by atoms with van der Waals surface area (Å²) in [4.78, 5) is 23.4. The van der Waals surface area contributed by atoms with Crippen LogP contribution in [0.1, 0.15) is 23.2 Å². The second-order valence-corrected chi connectivity index (χ2v) is 5.21. The molecule has 0 unspecified atom stereocenters. The molecule has 2 N–H and O–H groups in total. The number of benzene rings is 1. The van der Waals surface area contributed by atoms with Crippen LogP contribution in [0.4, 0.5) is 0 Å². The van der Waals surface area contributed by atoms with Crippen molar-refractivity contribution in [3.63, 3.8) is 0 Å². The smallest absolute Gasteiger partial charge is 0.335 e. The van der Waals surface area contributed by atoms with E-state index in [4.69, 9.17) is 10.2 Å². The van der Waals surface area contributed by atoms with Crippen molar-refractivity contribution < 1.29 is 19.8 Å². The Morgan fingerprint density at radius 2 is 1.67 bits per heavy atom. The van der Waals surface area contributed by atoms with Crippen LogP contribution < -0.4 is 0 Å². The van der Waals surface area contributed by atoms with Crippen LogP contribution in [-0.2, 0) is 4.79 Å². The van der Waals surface area contributed by atoms with E-state index >= 15 is 0 Å². The minimum Gasteiger partial charge on any atom is -0.481 e. The fourth-order valence-electron chi connectivity index (χ4n) is 1.28. The highest BCUT2D eigenvalue weighted by molar-refractivity contribution is 7.98. The molecule has 5 nitrogen and oxygen atoms in total. The molecular weight excluding hydrogens is 314 g/mol. The van der Waals surface area contributed by atoms with Crippen LogP contribution in [0.25, 0.3) is 0 Å². The van der Waals surface area contributed by atoms with Gasteiger partial charge in [0.2, 0.25) is 0 Å². The first-order valence-corrected chi connectivity index (χ1v) is 7.33. The molecule has 0 spiro atoms. The number of carboxylic acid groups (broad SMARTS) is 2. The number of hydrogen-bond donors (Lipinski definition) is 2. The molecule has 0 aromatic heterocycles. The van der Waals surface area contributed by atoms with E-state index in [1.54, 1.807) is 36.0 Å². The van der Waals surface area contributed by atoms with E-state index in [2.05, 4.69) is 0 Å². The van der Waals surface area contributed by atoms with Crippen LogP contribution >= 0.6 is 24.2 Å². The minimum absolute atomic E-state index is 0. The number of carboxylic acids is 2. The molecule has 0 atom stereocenters. The largest absolute Gasteiger partial charge is 0.481 e. The van der Waals surface area contributed by atoms with Crippen molar-refractivity contribution in [1.82, 2.24) is 4.90 Å². The molecule has 120 valence electrons. The van der Waals surface area contributed by atoms with Gasteiger partial charge in [-0.25, -0.2) is 4.79 Å². The van der Waals surface area contributed by atoms with Crippen LogP contribution in [0, 0.1) is 0 Å². The molecule has 0 amide bonds. The van der Waals surface area contributed by atoms with Gasteiger partial charge in [0.25, 0.3) is 0 Å². The van der Waals surface area contributed by atoms with Crippen molar-refractivity contribution in [1.29, 1.82) is 0 Å². The molecule has 0 saturated carbocycles. The lowest BCUT2D eigenvalue weighted by Gasteiger charge is -2.06.